The molecule has 5 heteroatoms. The molecule has 0 saturated carbocycles. The van der Waals surface area contributed by atoms with Crippen LogP contribution in [0.5, 0.6) is 11.5 Å². The molecule has 0 saturated heterocycles. The number of hydrogen-bond acceptors (Lipinski definition) is 4. The van der Waals surface area contributed by atoms with Crippen molar-refractivity contribution in [2.24, 2.45) is 4.99 Å². The average Bonchev–Trinajstić information content (AvgIpc) is 2.95. The molecule has 1 heterocycles. The Morgan fingerprint density at radius 1 is 1.08 bits per heavy atom. The minimum atomic E-state index is -0.202. The zero-order valence-corrected chi connectivity index (χ0v) is 14.5. The fraction of sp³-hybridized carbons (Fsp3) is 0.200. The van der Waals surface area contributed by atoms with Crippen molar-refractivity contribution in [3.63, 3.8) is 0 Å². The van der Waals surface area contributed by atoms with Gasteiger partial charge in [0, 0.05) is 12.0 Å². The van der Waals surface area contributed by atoms with Crippen molar-refractivity contribution in [2.75, 3.05) is 14.2 Å². The van der Waals surface area contributed by atoms with E-state index >= 15 is 0 Å². The lowest BCUT2D eigenvalue weighted by Crippen LogP contribution is -2.25. The summed E-state index contributed by atoms with van der Waals surface area (Å²) in [5.74, 6) is 1.94. The number of benzene rings is 2. The lowest BCUT2D eigenvalue weighted by Gasteiger charge is -2.05. The SMILES string of the molecule is COc1ccc(CC2=N/C(=C/c3cc(C)ccc3OC)C(=O)N2)cc1. The molecule has 5 nitrogen and oxygen atoms in total. The largest absolute Gasteiger partial charge is 0.497 e. The van der Waals surface area contributed by atoms with Crippen molar-refractivity contribution in [1.82, 2.24) is 5.32 Å². The highest BCUT2D eigenvalue weighted by Gasteiger charge is 2.20. The van der Waals surface area contributed by atoms with Gasteiger partial charge in [0.1, 0.15) is 23.0 Å². The smallest absolute Gasteiger partial charge is 0.275 e. The number of nitrogens with zero attached hydrogens (tertiary/aromatic N) is 1. The summed E-state index contributed by atoms with van der Waals surface area (Å²) in [6.45, 7) is 1.99. The van der Waals surface area contributed by atoms with Crippen LogP contribution in [0.2, 0.25) is 0 Å². The quantitative estimate of drug-likeness (QED) is 0.854. The lowest BCUT2D eigenvalue weighted by molar-refractivity contribution is -0.115. The van der Waals surface area contributed by atoms with E-state index in [1.165, 1.54) is 0 Å². The van der Waals surface area contributed by atoms with E-state index in [-0.39, 0.29) is 5.91 Å². The van der Waals surface area contributed by atoms with Crippen LogP contribution in [0.25, 0.3) is 6.08 Å². The molecule has 0 spiro atoms. The van der Waals surface area contributed by atoms with Gasteiger partial charge in [-0.25, -0.2) is 4.99 Å². The van der Waals surface area contributed by atoms with Gasteiger partial charge in [0.15, 0.2) is 0 Å². The molecule has 0 unspecified atom stereocenters. The molecule has 1 N–H and O–H groups in total. The molecule has 1 aliphatic rings. The van der Waals surface area contributed by atoms with Crippen LogP contribution in [0.4, 0.5) is 0 Å². The summed E-state index contributed by atoms with van der Waals surface area (Å²) >= 11 is 0. The molecule has 0 atom stereocenters. The number of hydrogen-bond donors (Lipinski definition) is 1. The highest BCUT2D eigenvalue weighted by molar-refractivity contribution is 6.14. The van der Waals surface area contributed by atoms with E-state index in [1.807, 2.05) is 49.4 Å². The molecule has 1 amide bonds. The molecular weight excluding hydrogens is 316 g/mol. The highest BCUT2D eigenvalue weighted by Crippen LogP contribution is 2.24. The van der Waals surface area contributed by atoms with Crippen LogP contribution in [0.1, 0.15) is 16.7 Å². The molecule has 0 aromatic heterocycles. The van der Waals surface area contributed by atoms with E-state index in [4.69, 9.17) is 9.47 Å². The van der Waals surface area contributed by atoms with E-state index in [9.17, 15) is 4.79 Å². The number of amides is 1. The van der Waals surface area contributed by atoms with Crippen LogP contribution >= 0.6 is 0 Å². The molecule has 1 aliphatic heterocycles. The summed E-state index contributed by atoms with van der Waals surface area (Å²) in [6.07, 6.45) is 2.31. The molecular formula is C20H20N2O3. The number of amidine groups is 1. The van der Waals surface area contributed by atoms with E-state index < -0.39 is 0 Å². The molecule has 3 rings (SSSR count). The number of aliphatic imine (C=N–C) groups is 1. The van der Waals surface area contributed by atoms with E-state index in [2.05, 4.69) is 10.3 Å². The highest BCUT2D eigenvalue weighted by atomic mass is 16.5. The minimum Gasteiger partial charge on any atom is -0.497 e. The summed E-state index contributed by atoms with van der Waals surface area (Å²) in [7, 11) is 3.24. The third-order valence-corrected chi connectivity index (χ3v) is 3.95. The molecule has 0 fully saturated rings. The molecule has 25 heavy (non-hydrogen) atoms. The van der Waals surface area contributed by atoms with Gasteiger partial charge in [0.25, 0.3) is 5.91 Å². The Hall–Kier alpha value is -3.08. The van der Waals surface area contributed by atoms with Crippen molar-refractivity contribution in [2.45, 2.75) is 13.3 Å². The van der Waals surface area contributed by atoms with Gasteiger partial charge in [0.2, 0.25) is 0 Å². The molecule has 0 bridgehead atoms. The van der Waals surface area contributed by atoms with Gasteiger partial charge in [-0.15, -0.1) is 0 Å². The van der Waals surface area contributed by atoms with Crippen molar-refractivity contribution in [3.05, 3.63) is 64.9 Å². The summed E-state index contributed by atoms with van der Waals surface area (Å²) < 4.78 is 10.5. The first kappa shape index (κ1) is 16.8. The molecule has 2 aromatic rings. The number of aryl methyl sites for hydroxylation is 1. The molecule has 2 aromatic carbocycles. The summed E-state index contributed by atoms with van der Waals surface area (Å²) in [6, 6.07) is 13.5. The van der Waals surface area contributed by atoms with Gasteiger partial charge >= 0.3 is 0 Å². The van der Waals surface area contributed by atoms with Gasteiger partial charge in [-0.1, -0.05) is 23.8 Å². The number of ether oxygens (including phenoxy) is 2. The minimum absolute atomic E-state index is 0.202. The lowest BCUT2D eigenvalue weighted by atomic mass is 10.1. The van der Waals surface area contributed by atoms with Gasteiger partial charge in [-0.3, -0.25) is 4.79 Å². The zero-order valence-electron chi connectivity index (χ0n) is 14.5. The Balaban J connectivity index is 1.83. The first-order valence-corrected chi connectivity index (χ1v) is 7.97. The van der Waals surface area contributed by atoms with Crippen LogP contribution < -0.4 is 14.8 Å². The second-order valence-corrected chi connectivity index (χ2v) is 5.81. The Labute approximate surface area is 147 Å². The average molecular weight is 336 g/mol. The Morgan fingerprint density at radius 3 is 2.52 bits per heavy atom. The maximum Gasteiger partial charge on any atom is 0.275 e. The predicted octanol–water partition coefficient (Wildman–Crippen LogP) is 3.12. The van der Waals surface area contributed by atoms with Gasteiger partial charge in [0.05, 0.1) is 14.2 Å². The number of methoxy groups -OCH3 is 2. The third-order valence-electron chi connectivity index (χ3n) is 3.95. The maximum absolute atomic E-state index is 12.2. The van der Waals surface area contributed by atoms with E-state index in [1.54, 1.807) is 20.3 Å². The van der Waals surface area contributed by atoms with Crippen molar-refractivity contribution in [3.8, 4) is 11.5 Å². The summed E-state index contributed by atoms with van der Waals surface area (Å²) in [5.41, 5.74) is 3.36. The molecule has 128 valence electrons. The van der Waals surface area contributed by atoms with Crippen molar-refractivity contribution in [1.29, 1.82) is 0 Å². The van der Waals surface area contributed by atoms with E-state index in [0.29, 0.717) is 23.7 Å². The third kappa shape index (κ3) is 3.88. The van der Waals surface area contributed by atoms with Gasteiger partial charge in [-0.2, -0.15) is 0 Å². The molecule has 0 radical (unpaired) electrons. The van der Waals surface area contributed by atoms with Gasteiger partial charge < -0.3 is 14.8 Å². The van der Waals surface area contributed by atoms with Crippen LogP contribution in [0, 0.1) is 6.92 Å². The first-order valence-electron chi connectivity index (χ1n) is 7.97. The van der Waals surface area contributed by atoms with Crippen LogP contribution in [0.3, 0.4) is 0 Å². The van der Waals surface area contributed by atoms with E-state index in [0.717, 1.165) is 22.4 Å². The second kappa shape index (κ2) is 7.21. The number of nitrogens with one attached hydrogen (secondary N) is 1. The Morgan fingerprint density at radius 2 is 1.84 bits per heavy atom. The zero-order chi connectivity index (χ0) is 17.8. The normalized spacial score (nSPS) is 15.1. The van der Waals surface area contributed by atoms with Crippen LogP contribution in [-0.2, 0) is 11.2 Å². The van der Waals surface area contributed by atoms with Crippen LogP contribution in [0.15, 0.2) is 53.2 Å². The second-order valence-electron chi connectivity index (χ2n) is 5.81. The first-order chi connectivity index (χ1) is 12.1. The molecule has 0 aliphatic carbocycles. The van der Waals surface area contributed by atoms with Crippen molar-refractivity contribution < 1.29 is 14.3 Å². The fourth-order valence-corrected chi connectivity index (χ4v) is 2.65. The monoisotopic (exact) mass is 336 g/mol. The standard InChI is InChI=1S/C20H20N2O3/c1-13-4-9-18(25-3)15(10-13)12-17-20(23)22-19(21-17)11-14-5-7-16(24-2)8-6-14/h4-10,12H,11H2,1-3H3,(H,21,22,23)/b17-12+. The Kier molecular flexibility index (Phi) is 4.84. The van der Waals surface area contributed by atoms with Crippen molar-refractivity contribution >= 4 is 17.8 Å². The summed E-state index contributed by atoms with van der Waals surface area (Å²) in [4.78, 5) is 16.6. The maximum atomic E-state index is 12.2. The number of carbonyl (C=O) groups excluding carboxylic acids is 1. The Bertz CT molecular complexity index is 852. The number of rotatable bonds is 5. The van der Waals surface area contributed by atoms with Gasteiger partial charge in [-0.05, 0) is 42.8 Å². The number of carbonyl (C=O) groups is 1. The topological polar surface area (TPSA) is 59.9 Å². The predicted molar refractivity (Wildman–Crippen MR) is 98.0 cm³/mol. The fourth-order valence-electron chi connectivity index (χ4n) is 2.65. The van der Waals surface area contributed by atoms with Crippen LogP contribution in [-0.4, -0.2) is 26.0 Å². The summed E-state index contributed by atoms with van der Waals surface area (Å²) in [5, 5.41) is 2.82.